The third-order valence-corrected chi connectivity index (χ3v) is 8.56. The minimum Gasteiger partial charge on any atom is -0.467 e. The summed E-state index contributed by atoms with van der Waals surface area (Å²) < 4.78 is 33.1. The molecule has 2 atom stereocenters. The first-order valence-electron chi connectivity index (χ1n) is 11.9. The second-order valence-corrected chi connectivity index (χ2v) is 10.7. The number of nitro groups is 1. The molecule has 1 aliphatic rings. The fourth-order valence-corrected chi connectivity index (χ4v) is 6.50. The number of hydrogen-bond donors (Lipinski definition) is 0. The van der Waals surface area contributed by atoms with Crippen molar-refractivity contribution in [2.75, 3.05) is 20.2 Å². The Morgan fingerprint density at radius 1 is 1.13 bits per heavy atom. The number of para-hydroxylation sites is 1. The summed E-state index contributed by atoms with van der Waals surface area (Å²) in [5, 5.41) is 13.5. The molecule has 3 aromatic rings. The van der Waals surface area contributed by atoms with Gasteiger partial charge in [0.25, 0.3) is 15.7 Å². The first-order chi connectivity index (χ1) is 18.2. The molecule has 0 bridgehead atoms. The molecule has 38 heavy (non-hydrogen) atoms. The molecule has 198 valence electrons. The lowest BCUT2D eigenvalue weighted by atomic mass is 9.99. The lowest BCUT2D eigenvalue weighted by Crippen LogP contribution is -2.62. The van der Waals surface area contributed by atoms with Gasteiger partial charge >= 0.3 is 5.97 Å². The van der Waals surface area contributed by atoms with Crippen molar-refractivity contribution in [3.05, 3.63) is 95.1 Å². The number of esters is 1. The maximum atomic E-state index is 13.7. The number of amides is 1. The van der Waals surface area contributed by atoms with Gasteiger partial charge in [-0.05, 0) is 28.8 Å². The van der Waals surface area contributed by atoms with Crippen LogP contribution in [0, 0.1) is 10.1 Å². The summed E-state index contributed by atoms with van der Waals surface area (Å²) in [6, 6.07) is 16.3. The second kappa shape index (κ2) is 11.1. The van der Waals surface area contributed by atoms with E-state index in [1.54, 1.807) is 0 Å². The third-order valence-electron chi connectivity index (χ3n) is 6.61. The van der Waals surface area contributed by atoms with Gasteiger partial charge in [-0.25, -0.2) is 13.2 Å². The monoisotopic (exact) mass is 537 g/mol. The summed E-state index contributed by atoms with van der Waals surface area (Å²) in [4.78, 5) is 38.2. The summed E-state index contributed by atoms with van der Waals surface area (Å²) in [5.41, 5.74) is 0.227. The van der Waals surface area contributed by atoms with Crippen molar-refractivity contribution in [1.82, 2.24) is 9.21 Å². The Labute approximate surface area is 220 Å². The van der Waals surface area contributed by atoms with Gasteiger partial charge in [0.1, 0.15) is 12.1 Å². The van der Waals surface area contributed by atoms with Gasteiger partial charge in [0.05, 0.1) is 12.0 Å². The van der Waals surface area contributed by atoms with Crippen LogP contribution in [0.1, 0.15) is 12.0 Å². The quantitative estimate of drug-likeness (QED) is 0.177. The van der Waals surface area contributed by atoms with Crippen molar-refractivity contribution in [1.29, 1.82) is 0 Å². The summed E-state index contributed by atoms with van der Waals surface area (Å²) >= 11 is 0. The van der Waals surface area contributed by atoms with Crippen LogP contribution in [0.4, 0.5) is 5.69 Å². The number of nitro benzene ring substituents is 1. The minimum atomic E-state index is -4.42. The van der Waals surface area contributed by atoms with E-state index in [0.717, 1.165) is 32.8 Å². The minimum absolute atomic E-state index is 0.0426. The van der Waals surface area contributed by atoms with Crippen LogP contribution < -0.4 is 0 Å². The summed E-state index contributed by atoms with van der Waals surface area (Å²) in [7, 11) is -3.19. The van der Waals surface area contributed by atoms with Gasteiger partial charge in [0.15, 0.2) is 4.90 Å². The number of carbonyl (C=O) groups is 2. The van der Waals surface area contributed by atoms with E-state index in [1.165, 1.54) is 30.2 Å². The second-order valence-electron chi connectivity index (χ2n) is 8.84. The molecule has 1 heterocycles. The fraction of sp³-hybridized carbons (Fsp3) is 0.259. The predicted molar refractivity (Wildman–Crippen MR) is 141 cm³/mol. The first-order valence-corrected chi connectivity index (χ1v) is 13.3. The fourth-order valence-electron chi connectivity index (χ4n) is 4.76. The van der Waals surface area contributed by atoms with Crippen molar-refractivity contribution in [2.24, 2.45) is 0 Å². The number of rotatable bonds is 9. The highest BCUT2D eigenvalue weighted by Gasteiger charge is 2.46. The van der Waals surface area contributed by atoms with Gasteiger partial charge in [-0.3, -0.25) is 14.9 Å². The molecule has 3 aromatic carbocycles. The van der Waals surface area contributed by atoms with Crippen molar-refractivity contribution in [2.45, 2.75) is 29.8 Å². The number of hydrogen-bond acceptors (Lipinski definition) is 7. The molecule has 10 nitrogen and oxygen atoms in total. The van der Waals surface area contributed by atoms with Crippen LogP contribution in [0.25, 0.3) is 10.8 Å². The summed E-state index contributed by atoms with van der Waals surface area (Å²) in [6.07, 6.45) is 1.53. The van der Waals surface area contributed by atoms with Gasteiger partial charge in [0, 0.05) is 25.6 Å². The molecule has 11 heteroatoms. The van der Waals surface area contributed by atoms with Crippen LogP contribution in [-0.4, -0.2) is 66.7 Å². The Balaban J connectivity index is 1.67. The van der Waals surface area contributed by atoms with Gasteiger partial charge in [-0.2, -0.15) is 4.31 Å². The van der Waals surface area contributed by atoms with Gasteiger partial charge in [-0.15, -0.1) is 6.58 Å². The Kier molecular flexibility index (Phi) is 7.88. The molecule has 1 fully saturated rings. The lowest BCUT2D eigenvalue weighted by molar-refractivity contribution is -0.387. The summed E-state index contributed by atoms with van der Waals surface area (Å²) in [5.74, 6) is -1.23. The van der Waals surface area contributed by atoms with E-state index in [4.69, 9.17) is 4.74 Å². The van der Waals surface area contributed by atoms with E-state index in [-0.39, 0.29) is 25.9 Å². The Morgan fingerprint density at radius 2 is 1.82 bits per heavy atom. The molecule has 1 amide bonds. The van der Waals surface area contributed by atoms with E-state index >= 15 is 0 Å². The molecule has 0 saturated carbocycles. The smallest absolute Gasteiger partial charge is 0.328 e. The Hall–Kier alpha value is -4.09. The van der Waals surface area contributed by atoms with Gasteiger partial charge in [-0.1, -0.05) is 60.7 Å². The number of sulfonamides is 1. The first kappa shape index (κ1) is 27.0. The number of methoxy groups -OCH3 is 1. The molecule has 0 aromatic heterocycles. The van der Waals surface area contributed by atoms with Crippen LogP contribution in [0.15, 0.2) is 84.3 Å². The number of nitrogens with zero attached hydrogens (tertiary/aromatic N) is 3. The molecular weight excluding hydrogens is 510 g/mol. The third kappa shape index (κ3) is 5.15. The topological polar surface area (TPSA) is 127 Å². The SMILES string of the molecule is C=CCC1C(=O)N(C(Cc2ccc3ccccc3c2)C(=O)OC)CCN1S(=O)(=O)c1ccccc1[N+](=O)[O-]. The average Bonchev–Trinajstić information content (AvgIpc) is 2.92. The van der Waals surface area contributed by atoms with Gasteiger partial charge < -0.3 is 9.64 Å². The van der Waals surface area contributed by atoms with E-state index in [0.29, 0.717) is 0 Å². The van der Waals surface area contributed by atoms with E-state index < -0.39 is 49.5 Å². The number of benzene rings is 3. The molecule has 2 unspecified atom stereocenters. The van der Waals surface area contributed by atoms with E-state index in [1.807, 2.05) is 42.5 Å². The van der Waals surface area contributed by atoms with Crippen LogP contribution in [0.3, 0.4) is 0 Å². The van der Waals surface area contributed by atoms with Crippen LogP contribution in [0.5, 0.6) is 0 Å². The van der Waals surface area contributed by atoms with Crippen molar-refractivity contribution in [3.63, 3.8) is 0 Å². The number of piperazine rings is 1. The molecular formula is C27H27N3O7S. The van der Waals surface area contributed by atoms with Crippen LogP contribution >= 0.6 is 0 Å². The average molecular weight is 538 g/mol. The highest BCUT2D eigenvalue weighted by atomic mass is 32.2. The number of carbonyl (C=O) groups excluding carboxylic acids is 2. The van der Waals surface area contributed by atoms with Crippen molar-refractivity contribution < 1.29 is 27.7 Å². The molecule has 4 rings (SSSR count). The number of ether oxygens (including phenoxy) is 1. The molecule has 0 N–H and O–H groups in total. The molecule has 0 aliphatic carbocycles. The Bertz CT molecular complexity index is 1510. The maximum Gasteiger partial charge on any atom is 0.328 e. The zero-order valence-corrected chi connectivity index (χ0v) is 21.5. The maximum absolute atomic E-state index is 13.7. The van der Waals surface area contributed by atoms with Crippen molar-refractivity contribution >= 4 is 38.4 Å². The van der Waals surface area contributed by atoms with Crippen molar-refractivity contribution in [3.8, 4) is 0 Å². The van der Waals surface area contributed by atoms with Gasteiger partial charge in [0.2, 0.25) is 5.91 Å². The molecule has 0 radical (unpaired) electrons. The highest BCUT2D eigenvalue weighted by Crippen LogP contribution is 2.31. The summed E-state index contributed by atoms with van der Waals surface area (Å²) in [6.45, 7) is 3.39. The normalized spacial score (nSPS) is 17.2. The molecule has 0 spiro atoms. The molecule has 1 saturated heterocycles. The Morgan fingerprint density at radius 3 is 2.50 bits per heavy atom. The predicted octanol–water partition coefficient (Wildman–Crippen LogP) is 3.31. The molecule has 1 aliphatic heterocycles. The standard InChI is InChI=1S/C27H27N3O7S/c1-3-8-23-26(31)28(15-16-29(23)38(35,36)25-12-7-6-11-22(25)30(33)34)24(27(32)37-2)18-19-13-14-20-9-4-5-10-21(20)17-19/h3-7,9-14,17,23-24H,1,8,15-16,18H2,2H3. The largest absolute Gasteiger partial charge is 0.467 e. The zero-order chi connectivity index (χ0) is 27.4. The van der Waals surface area contributed by atoms with Crippen LogP contribution in [-0.2, 0) is 30.8 Å². The van der Waals surface area contributed by atoms with E-state index in [9.17, 15) is 28.1 Å². The zero-order valence-electron chi connectivity index (χ0n) is 20.7. The highest BCUT2D eigenvalue weighted by molar-refractivity contribution is 7.89. The van der Waals surface area contributed by atoms with E-state index in [2.05, 4.69) is 6.58 Å². The van der Waals surface area contributed by atoms with Crippen LogP contribution in [0.2, 0.25) is 0 Å². The number of fused-ring (bicyclic) bond motifs is 1. The lowest BCUT2D eigenvalue weighted by Gasteiger charge is -2.42.